The molecule has 1 aromatic heterocycles. The van der Waals surface area contributed by atoms with Gasteiger partial charge in [0.15, 0.2) is 5.16 Å². The fourth-order valence-corrected chi connectivity index (χ4v) is 6.23. The second-order valence-electron chi connectivity index (χ2n) is 9.48. The van der Waals surface area contributed by atoms with Gasteiger partial charge in [-0.2, -0.15) is 0 Å². The van der Waals surface area contributed by atoms with Crippen molar-refractivity contribution in [3.63, 3.8) is 0 Å². The lowest BCUT2D eigenvalue weighted by atomic mass is 9.74. The number of nitrogens with one attached hydrogen (secondary N) is 1. The molecule has 4 heteroatoms. The van der Waals surface area contributed by atoms with E-state index in [-0.39, 0.29) is 5.56 Å². The first-order chi connectivity index (χ1) is 16.2. The molecule has 5 rings (SSSR count). The summed E-state index contributed by atoms with van der Waals surface area (Å²) in [6.07, 6.45) is 11.4. The highest BCUT2D eigenvalue weighted by molar-refractivity contribution is 7.99. The van der Waals surface area contributed by atoms with E-state index in [1.807, 2.05) is 0 Å². The van der Waals surface area contributed by atoms with E-state index in [0.717, 1.165) is 40.6 Å². The highest BCUT2D eigenvalue weighted by atomic mass is 32.2. The fraction of sp³-hybridized carbons (Fsp3) is 0.379. The summed E-state index contributed by atoms with van der Waals surface area (Å²) in [4.78, 5) is 21.4. The highest BCUT2D eigenvalue weighted by Gasteiger charge is 2.35. The summed E-state index contributed by atoms with van der Waals surface area (Å²) < 4.78 is 0. The second-order valence-corrected chi connectivity index (χ2v) is 10.5. The normalized spacial score (nSPS) is 18.9. The van der Waals surface area contributed by atoms with E-state index >= 15 is 0 Å². The minimum atomic E-state index is 0.0654. The third-order valence-corrected chi connectivity index (χ3v) is 8.15. The van der Waals surface area contributed by atoms with Gasteiger partial charge in [-0.1, -0.05) is 98.3 Å². The molecule has 170 valence electrons. The predicted octanol–water partition coefficient (Wildman–Crippen LogP) is 7.11. The minimum Gasteiger partial charge on any atom is -0.301 e. The Labute approximate surface area is 200 Å². The summed E-state index contributed by atoms with van der Waals surface area (Å²) in [5, 5.41) is 0.724. The molecule has 0 saturated heterocycles. The zero-order valence-electron chi connectivity index (χ0n) is 19.3. The molecular weight excluding hydrogens is 424 g/mol. The number of hydrogen-bond donors (Lipinski definition) is 1. The smallest absolute Gasteiger partial charge is 0.255 e. The molecule has 33 heavy (non-hydrogen) atoms. The van der Waals surface area contributed by atoms with Crippen LogP contribution in [-0.4, -0.2) is 15.7 Å². The number of benzene rings is 2. The van der Waals surface area contributed by atoms with Crippen LogP contribution >= 0.6 is 11.8 Å². The van der Waals surface area contributed by atoms with Gasteiger partial charge in [0.05, 0.1) is 5.69 Å². The van der Waals surface area contributed by atoms with E-state index < -0.39 is 0 Å². The van der Waals surface area contributed by atoms with E-state index in [4.69, 9.17) is 4.98 Å². The van der Waals surface area contributed by atoms with Crippen molar-refractivity contribution in [2.24, 2.45) is 5.92 Å². The van der Waals surface area contributed by atoms with Crippen LogP contribution in [0.3, 0.4) is 0 Å². The largest absolute Gasteiger partial charge is 0.301 e. The molecule has 3 nitrogen and oxygen atoms in total. The molecule has 0 bridgehead atoms. The Kier molecular flexibility index (Phi) is 6.82. The summed E-state index contributed by atoms with van der Waals surface area (Å²) in [5.41, 5.74) is 5.76. The van der Waals surface area contributed by atoms with Gasteiger partial charge in [0, 0.05) is 16.9 Å². The number of thioether (sulfide) groups is 1. The molecule has 2 atom stereocenters. The van der Waals surface area contributed by atoms with Crippen molar-refractivity contribution in [3.8, 4) is 11.3 Å². The van der Waals surface area contributed by atoms with Crippen LogP contribution in [0, 0.1) is 5.92 Å². The van der Waals surface area contributed by atoms with Crippen molar-refractivity contribution in [2.45, 2.75) is 62.4 Å². The Morgan fingerprint density at radius 3 is 2.64 bits per heavy atom. The number of aromatic amines is 1. The third-order valence-electron chi connectivity index (χ3n) is 7.33. The number of allylic oxidation sites excluding steroid dienone is 1. The summed E-state index contributed by atoms with van der Waals surface area (Å²) in [7, 11) is 0. The van der Waals surface area contributed by atoms with Gasteiger partial charge in [0.1, 0.15) is 0 Å². The number of fused-ring (bicyclic) bond motifs is 3. The number of aromatic nitrogens is 2. The maximum Gasteiger partial charge on any atom is 0.255 e. The van der Waals surface area contributed by atoms with Gasteiger partial charge in [0.2, 0.25) is 0 Å². The van der Waals surface area contributed by atoms with Gasteiger partial charge in [-0.25, -0.2) is 4.98 Å². The van der Waals surface area contributed by atoms with Crippen molar-refractivity contribution >= 4 is 11.8 Å². The van der Waals surface area contributed by atoms with Crippen molar-refractivity contribution in [3.05, 3.63) is 93.8 Å². The standard InChI is InChI=1S/C29H32N2OS/c1-20(21-12-3-2-4-13-21)11-9-10-18-33-29-30-27-24-17-8-7-16-23(24)19-25(22-14-5-6-15-22)26(27)28(32)31-29/h2-4,7-10,12-13,16-17,20,22,25H,5-6,11,14-15,18-19H2,1H3,(H,30,31,32)/b10-9+/t20-,25+/m1/s1. The Morgan fingerprint density at radius 1 is 1.06 bits per heavy atom. The van der Waals surface area contributed by atoms with Crippen LogP contribution in [0.4, 0.5) is 0 Å². The van der Waals surface area contributed by atoms with E-state index in [1.165, 1.54) is 36.8 Å². The van der Waals surface area contributed by atoms with E-state index in [1.54, 1.807) is 11.8 Å². The summed E-state index contributed by atoms with van der Waals surface area (Å²) in [6, 6.07) is 19.1. The van der Waals surface area contributed by atoms with Gasteiger partial charge in [-0.3, -0.25) is 4.79 Å². The second kappa shape index (κ2) is 10.1. The number of hydrogen-bond acceptors (Lipinski definition) is 3. The molecule has 1 saturated carbocycles. The third kappa shape index (κ3) is 4.86. The molecule has 1 N–H and O–H groups in total. The zero-order chi connectivity index (χ0) is 22.6. The maximum atomic E-state index is 13.3. The van der Waals surface area contributed by atoms with Crippen LogP contribution < -0.4 is 5.56 Å². The lowest BCUT2D eigenvalue weighted by Gasteiger charge is -2.30. The molecule has 0 amide bonds. The molecule has 2 aliphatic carbocycles. The van der Waals surface area contributed by atoms with Gasteiger partial charge in [-0.05, 0) is 54.6 Å². The highest BCUT2D eigenvalue weighted by Crippen LogP contribution is 2.45. The van der Waals surface area contributed by atoms with Crippen molar-refractivity contribution in [2.75, 3.05) is 5.75 Å². The molecule has 1 heterocycles. The average Bonchev–Trinajstić information content (AvgIpc) is 3.39. The lowest BCUT2D eigenvalue weighted by molar-refractivity contribution is 0.424. The zero-order valence-corrected chi connectivity index (χ0v) is 20.1. The van der Waals surface area contributed by atoms with Crippen molar-refractivity contribution in [1.29, 1.82) is 0 Å². The first-order valence-electron chi connectivity index (χ1n) is 12.3. The number of rotatable bonds is 7. The van der Waals surface area contributed by atoms with Crippen LogP contribution in [0.1, 0.15) is 67.6 Å². The predicted molar refractivity (Wildman–Crippen MR) is 138 cm³/mol. The van der Waals surface area contributed by atoms with Crippen molar-refractivity contribution < 1.29 is 0 Å². The van der Waals surface area contributed by atoms with Crippen molar-refractivity contribution in [1.82, 2.24) is 9.97 Å². The minimum absolute atomic E-state index is 0.0654. The van der Waals surface area contributed by atoms with Gasteiger partial charge >= 0.3 is 0 Å². The van der Waals surface area contributed by atoms with Crippen LogP contribution in [-0.2, 0) is 6.42 Å². The van der Waals surface area contributed by atoms with Crippen LogP contribution in [0.25, 0.3) is 11.3 Å². The summed E-state index contributed by atoms with van der Waals surface area (Å²) in [6.45, 7) is 2.26. The van der Waals surface area contributed by atoms with E-state index in [9.17, 15) is 4.79 Å². The molecule has 0 spiro atoms. The van der Waals surface area contributed by atoms with Gasteiger partial charge in [0.25, 0.3) is 5.56 Å². The maximum absolute atomic E-state index is 13.3. The molecule has 3 aromatic rings. The first kappa shape index (κ1) is 22.2. The topological polar surface area (TPSA) is 45.8 Å². The molecule has 0 radical (unpaired) electrons. The fourth-order valence-electron chi connectivity index (χ4n) is 5.52. The van der Waals surface area contributed by atoms with E-state index in [2.05, 4.69) is 78.7 Å². The summed E-state index contributed by atoms with van der Waals surface area (Å²) in [5.74, 6) is 2.20. The SMILES string of the molecule is C[C@H](C/C=C/CSc1nc2c(c(=O)[nH]1)[C@H](C1CCCC1)Cc1ccccc1-2)c1ccccc1. The van der Waals surface area contributed by atoms with Gasteiger partial charge < -0.3 is 4.98 Å². The monoisotopic (exact) mass is 456 g/mol. The molecule has 1 fully saturated rings. The Balaban J connectivity index is 1.32. The Bertz CT molecular complexity index is 1180. The Hall–Kier alpha value is -2.59. The quantitative estimate of drug-likeness (QED) is 0.234. The average molecular weight is 457 g/mol. The molecular formula is C29H32N2OS. The van der Waals surface area contributed by atoms with E-state index in [0.29, 0.717) is 17.8 Å². The first-order valence-corrected chi connectivity index (χ1v) is 13.2. The van der Waals surface area contributed by atoms with Crippen LogP contribution in [0.5, 0.6) is 0 Å². The molecule has 2 aliphatic rings. The van der Waals surface area contributed by atoms with Crippen LogP contribution in [0.15, 0.2) is 76.7 Å². The Morgan fingerprint density at radius 2 is 1.82 bits per heavy atom. The molecule has 2 aromatic carbocycles. The summed E-state index contributed by atoms with van der Waals surface area (Å²) >= 11 is 1.61. The van der Waals surface area contributed by atoms with Crippen LogP contribution in [0.2, 0.25) is 0 Å². The van der Waals surface area contributed by atoms with Gasteiger partial charge in [-0.15, -0.1) is 0 Å². The number of H-pyrrole nitrogens is 1. The molecule has 0 unspecified atom stereocenters. The number of nitrogens with zero attached hydrogens (tertiary/aromatic N) is 1. The molecule has 0 aliphatic heterocycles. The lowest BCUT2D eigenvalue weighted by Crippen LogP contribution is -2.28.